The normalized spacial score (nSPS) is 21.2. The third-order valence-corrected chi connectivity index (χ3v) is 7.43. The molecule has 1 amide bonds. The number of likely N-dealkylation sites (N-methyl/N-ethyl adjacent to an activating group) is 1. The van der Waals surface area contributed by atoms with Gasteiger partial charge in [-0.25, -0.2) is 14.4 Å². The second kappa shape index (κ2) is 11.4. The Hall–Kier alpha value is -3.97. The molecule has 206 valence electrons. The zero-order chi connectivity index (χ0) is 27.5. The molecule has 0 aromatic carbocycles. The van der Waals surface area contributed by atoms with Gasteiger partial charge < -0.3 is 25.8 Å². The van der Waals surface area contributed by atoms with E-state index in [1.54, 1.807) is 10.9 Å². The lowest BCUT2D eigenvalue weighted by molar-refractivity contribution is 0.0811. The number of nitrogens with one attached hydrogen (secondary N) is 2. The van der Waals surface area contributed by atoms with Crippen LogP contribution in [0.1, 0.15) is 48.1 Å². The lowest BCUT2D eigenvalue weighted by Gasteiger charge is -2.41. The molecule has 0 unspecified atom stereocenters. The predicted octanol–water partition coefficient (Wildman–Crippen LogP) is 3.14. The summed E-state index contributed by atoms with van der Waals surface area (Å²) in [6.45, 7) is 4.25. The van der Waals surface area contributed by atoms with Crippen LogP contribution in [0.2, 0.25) is 0 Å². The molecule has 2 aliphatic rings. The Morgan fingerprint density at radius 1 is 1.10 bits per heavy atom. The standard InChI is InChI=1S/C26H31F2N9O2/c1-35-8-10-36(11-9-35)17-2-4-18(5-3-17)37-14-20(24(34-37)23-19(27)6-7-22(28)33-23)31-25(38)21-15-39-26(32-21)16(12-29)13-30/h6-7,12-15,17-18,29H,2-5,8-11,30H2,1H3,(H,31,38)/b16-13+,29-12?. The Kier molecular flexibility index (Phi) is 7.79. The van der Waals surface area contributed by atoms with Crippen LogP contribution in [0.25, 0.3) is 17.0 Å². The van der Waals surface area contributed by atoms with Crippen molar-refractivity contribution in [1.82, 2.24) is 29.5 Å². The maximum Gasteiger partial charge on any atom is 0.277 e. The second-order valence-electron chi connectivity index (χ2n) is 9.90. The highest BCUT2D eigenvalue weighted by Crippen LogP contribution is 2.35. The average Bonchev–Trinajstić information content (AvgIpc) is 3.60. The molecule has 4 N–H and O–H groups in total. The highest BCUT2D eigenvalue weighted by Gasteiger charge is 2.30. The van der Waals surface area contributed by atoms with Crippen LogP contribution in [-0.4, -0.2) is 80.9 Å². The summed E-state index contributed by atoms with van der Waals surface area (Å²) in [5, 5.41) is 14.6. The van der Waals surface area contributed by atoms with Gasteiger partial charge in [0, 0.05) is 50.8 Å². The molecular weight excluding hydrogens is 508 g/mol. The van der Waals surface area contributed by atoms with Crippen LogP contribution in [0, 0.1) is 17.2 Å². The SMILES string of the molecule is CN1CCN(C2CCC(n3cc(NC(=O)c4coc(/C(C=N)=C/N)n4)c(-c4nc(F)ccc4F)n3)CC2)CC1. The number of carbonyl (C=O) groups excluding carboxylic acids is 1. The van der Waals surface area contributed by atoms with Gasteiger partial charge in [0.1, 0.15) is 17.7 Å². The summed E-state index contributed by atoms with van der Waals surface area (Å²) in [5.74, 6) is -2.27. The van der Waals surface area contributed by atoms with Crippen molar-refractivity contribution in [2.24, 2.45) is 5.73 Å². The monoisotopic (exact) mass is 539 g/mol. The molecule has 0 bridgehead atoms. The molecule has 5 rings (SSSR count). The van der Waals surface area contributed by atoms with Crippen LogP contribution in [0.5, 0.6) is 0 Å². The molecule has 39 heavy (non-hydrogen) atoms. The minimum absolute atomic E-state index is 0.00326. The summed E-state index contributed by atoms with van der Waals surface area (Å²) in [4.78, 5) is 25.7. The van der Waals surface area contributed by atoms with E-state index in [1.807, 2.05) is 0 Å². The molecule has 11 nitrogen and oxygen atoms in total. The number of nitrogens with two attached hydrogens (primary N) is 1. The molecular formula is C26H31F2N9O2. The fourth-order valence-corrected chi connectivity index (χ4v) is 5.18. The maximum absolute atomic E-state index is 14.7. The van der Waals surface area contributed by atoms with Gasteiger partial charge in [0.2, 0.25) is 11.8 Å². The topological polar surface area (TPSA) is 142 Å². The molecule has 0 atom stereocenters. The largest absolute Gasteiger partial charge is 0.444 e. The number of piperazine rings is 1. The summed E-state index contributed by atoms with van der Waals surface area (Å²) in [7, 11) is 2.14. The molecule has 1 saturated heterocycles. The zero-order valence-corrected chi connectivity index (χ0v) is 21.6. The zero-order valence-electron chi connectivity index (χ0n) is 21.6. The van der Waals surface area contributed by atoms with Gasteiger partial charge in [-0.2, -0.15) is 9.49 Å². The number of amides is 1. The minimum atomic E-state index is -0.861. The molecule has 1 saturated carbocycles. The number of rotatable bonds is 7. The van der Waals surface area contributed by atoms with Gasteiger partial charge >= 0.3 is 0 Å². The number of allylic oxidation sites excluding steroid dienone is 1. The number of pyridine rings is 1. The number of anilines is 1. The van der Waals surface area contributed by atoms with E-state index < -0.39 is 17.7 Å². The number of halogens is 2. The summed E-state index contributed by atoms with van der Waals surface area (Å²) >= 11 is 0. The first-order chi connectivity index (χ1) is 18.9. The van der Waals surface area contributed by atoms with Gasteiger partial charge in [-0.05, 0) is 44.9 Å². The molecule has 1 aliphatic heterocycles. The van der Waals surface area contributed by atoms with Crippen molar-refractivity contribution in [3.63, 3.8) is 0 Å². The second-order valence-corrected chi connectivity index (χ2v) is 9.90. The molecule has 1 aliphatic carbocycles. The first-order valence-corrected chi connectivity index (χ1v) is 12.9. The molecule has 0 radical (unpaired) electrons. The van der Waals surface area contributed by atoms with Crippen molar-refractivity contribution < 1.29 is 18.0 Å². The highest BCUT2D eigenvalue weighted by atomic mass is 19.1. The fourth-order valence-electron chi connectivity index (χ4n) is 5.18. The van der Waals surface area contributed by atoms with Gasteiger partial charge in [0.05, 0.1) is 17.3 Å². The first kappa shape index (κ1) is 26.6. The van der Waals surface area contributed by atoms with Gasteiger partial charge in [-0.3, -0.25) is 14.4 Å². The lowest BCUT2D eigenvalue weighted by atomic mass is 9.90. The van der Waals surface area contributed by atoms with E-state index in [0.717, 1.165) is 82.7 Å². The number of hydrogen-bond acceptors (Lipinski definition) is 9. The van der Waals surface area contributed by atoms with Crippen LogP contribution in [0.15, 0.2) is 35.2 Å². The van der Waals surface area contributed by atoms with Crippen LogP contribution >= 0.6 is 0 Å². The van der Waals surface area contributed by atoms with Gasteiger partial charge in [-0.1, -0.05) is 0 Å². The van der Waals surface area contributed by atoms with Crippen molar-refractivity contribution in [2.45, 2.75) is 37.8 Å². The molecule has 3 aromatic rings. The van der Waals surface area contributed by atoms with E-state index in [2.05, 4.69) is 37.2 Å². The van der Waals surface area contributed by atoms with E-state index in [1.165, 1.54) is 0 Å². The quantitative estimate of drug-likeness (QED) is 0.307. The van der Waals surface area contributed by atoms with Crippen LogP contribution < -0.4 is 11.1 Å². The number of carbonyl (C=O) groups is 1. The first-order valence-electron chi connectivity index (χ1n) is 12.9. The number of nitrogens with zero attached hydrogens (tertiary/aromatic N) is 6. The Morgan fingerprint density at radius 3 is 2.51 bits per heavy atom. The van der Waals surface area contributed by atoms with E-state index in [9.17, 15) is 13.6 Å². The smallest absolute Gasteiger partial charge is 0.277 e. The van der Waals surface area contributed by atoms with Crippen molar-refractivity contribution >= 4 is 23.4 Å². The Bertz CT molecular complexity index is 1370. The Morgan fingerprint density at radius 2 is 1.82 bits per heavy atom. The maximum atomic E-state index is 14.7. The van der Waals surface area contributed by atoms with Crippen LogP contribution in [-0.2, 0) is 0 Å². The van der Waals surface area contributed by atoms with Crippen LogP contribution in [0.4, 0.5) is 14.5 Å². The Balaban J connectivity index is 1.38. The third-order valence-electron chi connectivity index (χ3n) is 7.43. The van der Waals surface area contributed by atoms with Gasteiger partial charge in [0.15, 0.2) is 11.5 Å². The van der Waals surface area contributed by atoms with Crippen molar-refractivity contribution in [3.05, 3.63) is 54.1 Å². The van der Waals surface area contributed by atoms with E-state index in [0.29, 0.717) is 6.04 Å². The number of hydrogen-bond donors (Lipinski definition) is 3. The summed E-state index contributed by atoms with van der Waals surface area (Å²) in [6.07, 6.45) is 8.59. The minimum Gasteiger partial charge on any atom is -0.444 e. The molecule has 0 spiro atoms. The van der Waals surface area contributed by atoms with E-state index >= 15 is 0 Å². The Labute approximate surface area is 224 Å². The number of aromatic nitrogens is 4. The number of oxazole rings is 1. The predicted molar refractivity (Wildman–Crippen MR) is 141 cm³/mol. The van der Waals surface area contributed by atoms with E-state index in [4.69, 9.17) is 15.6 Å². The average molecular weight is 540 g/mol. The van der Waals surface area contributed by atoms with Crippen molar-refractivity contribution in [3.8, 4) is 11.4 Å². The highest BCUT2D eigenvalue weighted by molar-refractivity contribution is 6.08. The van der Waals surface area contributed by atoms with Gasteiger partial charge in [0.25, 0.3) is 5.91 Å². The van der Waals surface area contributed by atoms with Crippen molar-refractivity contribution in [2.75, 3.05) is 38.5 Å². The lowest BCUT2D eigenvalue weighted by Crippen LogP contribution is -2.49. The van der Waals surface area contributed by atoms with Gasteiger partial charge in [-0.15, -0.1) is 0 Å². The third kappa shape index (κ3) is 5.73. The van der Waals surface area contributed by atoms with Crippen molar-refractivity contribution in [1.29, 1.82) is 5.41 Å². The van der Waals surface area contributed by atoms with Crippen LogP contribution in [0.3, 0.4) is 0 Å². The molecule has 2 fully saturated rings. The summed E-state index contributed by atoms with van der Waals surface area (Å²) < 4.78 is 35.7. The van der Waals surface area contributed by atoms with E-state index in [-0.39, 0.29) is 40.3 Å². The molecule has 3 aromatic heterocycles. The molecule has 13 heteroatoms. The molecule has 4 heterocycles. The fraction of sp³-hybridized carbons (Fsp3) is 0.423. The summed E-state index contributed by atoms with van der Waals surface area (Å²) in [5.41, 5.74) is 5.47. The summed E-state index contributed by atoms with van der Waals surface area (Å²) in [6, 6.07) is 2.46.